The number of carbonyl (C=O) groups excluding carboxylic acids is 1. The summed E-state index contributed by atoms with van der Waals surface area (Å²) >= 11 is 0. The van der Waals surface area contributed by atoms with Crippen LogP contribution in [0.25, 0.3) is 0 Å². The van der Waals surface area contributed by atoms with Gasteiger partial charge in [-0.15, -0.1) is 71.4 Å². The maximum Gasteiger partial charge on any atom is 0.306 e. The van der Waals surface area contributed by atoms with E-state index in [1.165, 1.54) is 43.2 Å². The Morgan fingerprint density at radius 2 is 1.07 bits per heavy atom. The van der Waals surface area contributed by atoms with Crippen LogP contribution in [0, 0.1) is 0 Å². The van der Waals surface area contributed by atoms with E-state index in [4.69, 9.17) is 38.3 Å². The van der Waals surface area contributed by atoms with Gasteiger partial charge < -0.3 is 43.4 Å². The third kappa shape index (κ3) is 29.3. The van der Waals surface area contributed by atoms with E-state index in [0.717, 1.165) is 115 Å². The number of aliphatic hydroxyl groups is 1. The predicted octanol–water partition coefficient (Wildman–Crippen LogP) is 14.1. The minimum Gasteiger partial charge on any atom is -0.493 e. The van der Waals surface area contributed by atoms with Crippen LogP contribution in [0.1, 0.15) is 115 Å². The molecule has 10 unspecified atom stereocenters. The van der Waals surface area contributed by atoms with Gasteiger partial charge in [0.05, 0.1) is 60.0 Å². The Balaban J connectivity index is 0.000000379. The van der Waals surface area contributed by atoms with E-state index in [-0.39, 0.29) is 52.2 Å². The number of carbonyl (C=O) groups is 2. The summed E-state index contributed by atoms with van der Waals surface area (Å²) in [4.78, 5) is 26.4. The number of hydrogen-bond donors (Lipinski definition) is 2. The monoisotopic (exact) mass is 1280 g/mol. The highest BCUT2D eigenvalue weighted by atomic mass is 33.0. The van der Waals surface area contributed by atoms with Gasteiger partial charge in [-0.05, 0) is 128 Å². The largest absolute Gasteiger partial charge is 0.493 e. The minimum absolute atomic E-state index is 0.0402. The zero-order valence-corrected chi connectivity index (χ0v) is 58.7. The van der Waals surface area contributed by atoms with Gasteiger partial charge >= 0.3 is 11.9 Å². The molecule has 2 saturated carbocycles. The molecular weight excluding hydrogens is 1180 g/mol. The first-order valence-corrected chi connectivity index (χ1v) is 47.3. The summed E-state index contributed by atoms with van der Waals surface area (Å²) in [6.07, 6.45) is 15.9. The number of ether oxygens (including phenoxy) is 7. The van der Waals surface area contributed by atoms with Crippen LogP contribution in [0.5, 0.6) is 23.0 Å². The third-order valence-corrected chi connectivity index (χ3v) is 64.7. The maximum absolute atomic E-state index is 11.8. The molecule has 0 bridgehead atoms. The normalized spacial score (nSPS) is 22.4. The molecule has 2 aliphatic heterocycles. The van der Waals surface area contributed by atoms with Crippen molar-refractivity contribution >= 4 is 119 Å². The molecule has 4 fully saturated rings. The Hall–Kier alpha value is 1.97. The van der Waals surface area contributed by atoms with Crippen molar-refractivity contribution in [3.8, 4) is 23.0 Å². The first kappa shape index (κ1) is 72.1. The van der Waals surface area contributed by atoms with Crippen LogP contribution in [0.3, 0.4) is 0 Å². The number of methoxy groups -OCH3 is 4. The summed E-state index contributed by atoms with van der Waals surface area (Å²) < 4.78 is 39.7. The highest BCUT2D eigenvalue weighted by Crippen LogP contribution is 2.92. The van der Waals surface area contributed by atoms with Crippen molar-refractivity contribution in [1.82, 2.24) is 9.80 Å². The van der Waals surface area contributed by atoms with Crippen LogP contribution >= 0.6 is 107 Å². The number of esters is 1. The van der Waals surface area contributed by atoms with Gasteiger partial charge in [-0.25, -0.2) is 0 Å². The molecule has 74 heavy (non-hydrogen) atoms. The molecule has 2 aliphatic carbocycles. The molecule has 4 aliphatic rings. The molecule has 0 spiro atoms. The summed E-state index contributed by atoms with van der Waals surface area (Å²) in [7, 11) is 30.2. The first-order chi connectivity index (χ1) is 35.4. The number of rotatable bonds is 22. The van der Waals surface area contributed by atoms with Gasteiger partial charge in [0.15, 0.2) is 23.0 Å². The fraction of sp³-hybridized carbons (Fsp3) is 0.708. The molecule has 16 atom stereocenters. The molecule has 0 aromatic heterocycles. The van der Waals surface area contributed by atoms with Crippen LogP contribution < -0.4 is 18.9 Å². The Kier molecular flexibility index (Phi) is 41.6. The second-order valence-electron chi connectivity index (χ2n) is 18.2. The van der Waals surface area contributed by atoms with Crippen LogP contribution in [0.15, 0.2) is 36.4 Å². The number of β-amino-alcohol motifs (C(OH)–C–C–N with tert-alkyl or cyclic N) is 1. The summed E-state index contributed by atoms with van der Waals surface area (Å²) in [6, 6.07) is 13.0. The smallest absolute Gasteiger partial charge is 0.306 e. The molecule has 426 valence electrons. The molecule has 2 N–H and O–H groups in total. The number of nitrogens with zero attached hydrogens (tertiary/aromatic N) is 2. The van der Waals surface area contributed by atoms with Gasteiger partial charge in [0.25, 0.3) is 0 Å². The lowest BCUT2D eigenvalue weighted by atomic mass is 9.91. The lowest BCUT2D eigenvalue weighted by Crippen LogP contribution is -2.46. The second kappa shape index (κ2) is 42.7. The molecule has 2 saturated heterocycles. The lowest BCUT2D eigenvalue weighted by molar-refractivity contribution is -0.148. The van der Waals surface area contributed by atoms with Crippen LogP contribution in [-0.2, 0) is 36.6 Å². The number of benzene rings is 2. The SMILES string of the molecule is CCCC(=O)O.CCCC(=O)O[C@@H]1CCN([C@@H]2CCCC[C@H]2OCCc2ccc(OC)c(OC)c2)C1.COc1ccc(CCO[C@@H]2CCCC[C@H]2N2CC[C@@H](O)C2)cc1OC.PP(P)P(P)P.PPP(P)P(P)P. The Bertz CT molecular complexity index is 1830. The van der Waals surface area contributed by atoms with Gasteiger partial charge in [0.1, 0.15) is 6.10 Å². The summed E-state index contributed by atoms with van der Waals surface area (Å²) in [5.74, 6) is 2.26. The van der Waals surface area contributed by atoms with E-state index in [0.29, 0.717) is 44.2 Å². The molecule has 13 nitrogen and oxygen atoms in total. The predicted molar refractivity (Wildman–Crippen MR) is 350 cm³/mol. The Morgan fingerprint density at radius 1 is 0.622 bits per heavy atom. The van der Waals surface area contributed by atoms with Crippen molar-refractivity contribution in [3.05, 3.63) is 47.5 Å². The standard InChI is InChI=1S/C24H37NO5.C20H31NO4.C4H8O2.H9P7.H8P6/c1-4-7-24(26)30-19-12-14-25(17-19)20-8-5-6-9-21(20)29-15-13-18-10-11-22(27-2)23(16-18)28-3;1-23-19-8-7-15(13-20(19)24-2)10-12-25-18-6-4-3-5-17(18)21-11-9-16(22)14-21;1-2-3-4(5)6;1-5-7(4)6(2)3;1-5(2)6(3)4/h10-11,16,19-21H,4-9,12-15,17H2,1-3H3;7-8,13,16-18,22H,3-6,9-12,14H2,1-2H3;2-3H2,1H3,(H,5,6);5H,1-4H2;1-4H2/t19-,20-,21-;16-,17-,18-;;;/m11.../s1. The summed E-state index contributed by atoms with van der Waals surface area (Å²) in [5, 5.41) is 17.7. The van der Waals surface area contributed by atoms with E-state index in [1.807, 2.05) is 38.1 Å². The van der Waals surface area contributed by atoms with E-state index in [9.17, 15) is 14.7 Å². The molecule has 2 heterocycles. The minimum atomic E-state index is -0.711. The fourth-order valence-electron chi connectivity index (χ4n) is 9.06. The van der Waals surface area contributed by atoms with Crippen LogP contribution in [0.2, 0.25) is 0 Å². The van der Waals surface area contributed by atoms with Crippen molar-refractivity contribution in [2.45, 2.75) is 153 Å². The summed E-state index contributed by atoms with van der Waals surface area (Å²) in [5.41, 5.74) is 2.38. The molecule has 6 rings (SSSR count). The zero-order valence-electron chi connectivity index (χ0n) is 44.9. The van der Waals surface area contributed by atoms with Crippen molar-refractivity contribution < 1.29 is 53.0 Å². The average molecular weight is 1280 g/mol. The van der Waals surface area contributed by atoms with Gasteiger partial charge in [0, 0.05) is 51.1 Å². The van der Waals surface area contributed by atoms with Gasteiger partial charge in [0.2, 0.25) is 0 Å². The van der Waals surface area contributed by atoms with Crippen molar-refractivity contribution in [2.75, 3.05) is 67.8 Å². The quantitative estimate of drug-likeness (QED) is 0.0853. The molecule has 0 amide bonds. The number of carboxylic acid groups (broad SMARTS) is 1. The molecule has 26 heteroatoms. The molecule has 0 radical (unpaired) electrons. The molecule has 2 aromatic rings. The summed E-state index contributed by atoms with van der Waals surface area (Å²) in [6.45, 7) is 9.68. The fourth-order valence-corrected chi connectivity index (χ4v) is 25.2. The highest BCUT2D eigenvalue weighted by Gasteiger charge is 2.37. The van der Waals surface area contributed by atoms with E-state index in [2.05, 4.69) is 93.4 Å². The number of aliphatic carboxylic acids is 1. The van der Waals surface area contributed by atoms with Gasteiger partial charge in [-0.3, -0.25) is 19.4 Å². The number of carboxylic acids is 1. The zero-order chi connectivity index (χ0) is 55.0. The highest BCUT2D eigenvalue weighted by molar-refractivity contribution is 8.98. The average Bonchev–Trinajstić information content (AvgIpc) is 4.05. The van der Waals surface area contributed by atoms with E-state index in [1.54, 1.807) is 28.4 Å². The van der Waals surface area contributed by atoms with E-state index >= 15 is 0 Å². The maximum atomic E-state index is 11.8. The van der Waals surface area contributed by atoms with Gasteiger partial charge in [-0.2, -0.15) is 0 Å². The van der Waals surface area contributed by atoms with Crippen LogP contribution in [0.4, 0.5) is 0 Å². The van der Waals surface area contributed by atoms with E-state index < -0.39 is 5.97 Å². The van der Waals surface area contributed by atoms with Crippen molar-refractivity contribution in [2.24, 2.45) is 0 Å². The topological polar surface area (TPSA) is 146 Å². The lowest BCUT2D eigenvalue weighted by Gasteiger charge is -2.37. The van der Waals surface area contributed by atoms with Crippen LogP contribution in [-0.4, -0.2) is 136 Å². The third-order valence-electron chi connectivity index (χ3n) is 12.8. The second-order valence-corrected chi connectivity index (χ2v) is 60.2. The molecular formula is C48H93N2O11P13. The first-order valence-electron chi connectivity index (χ1n) is 25.6. The Morgan fingerprint density at radius 3 is 1.42 bits per heavy atom. The Labute approximate surface area is 470 Å². The van der Waals surface area contributed by atoms with Crippen molar-refractivity contribution in [1.29, 1.82) is 0 Å². The van der Waals surface area contributed by atoms with Crippen molar-refractivity contribution in [3.63, 3.8) is 0 Å². The number of aliphatic hydroxyl groups excluding tert-OH is 1. The van der Waals surface area contributed by atoms with Gasteiger partial charge in [-0.1, -0.05) is 59.6 Å². The molecule has 2 aromatic carbocycles. The number of hydrogen-bond acceptors (Lipinski definition) is 12. The number of likely N-dealkylation sites (tertiary alicyclic amines) is 2.